The number of aliphatic hydroxyl groups is 3. The summed E-state index contributed by atoms with van der Waals surface area (Å²) in [4.78, 5) is 25.8. The van der Waals surface area contributed by atoms with Gasteiger partial charge in [0.25, 0.3) is 0 Å². The Hall–Kier alpha value is -1.72. The second-order valence-electron chi connectivity index (χ2n) is 19.9. The van der Waals surface area contributed by atoms with Gasteiger partial charge in [-0.15, -0.1) is 0 Å². The maximum atomic E-state index is 13.0. The van der Waals surface area contributed by atoms with Crippen molar-refractivity contribution in [3.05, 3.63) is 11.6 Å². The summed E-state index contributed by atoms with van der Waals surface area (Å²) in [6.07, 6.45) is 8.32. The van der Waals surface area contributed by atoms with Gasteiger partial charge in [-0.05, 0) is 115 Å². The Labute approximate surface area is 311 Å². The number of carboxylic acids is 1. The van der Waals surface area contributed by atoms with Gasteiger partial charge in [0.05, 0.1) is 24.7 Å². The zero-order chi connectivity index (χ0) is 38.1. The SMILES string of the molecule is CCCCCOC(=O)N[C@H]1[C@H](O[C@H]2CC[C@]3(C)[C@H]4CC=C5[C@@H]6CC(C)(C)CC[C@]6(C(=O)O)CC[C@@]5(C)[C@]4(C)CC[C@H]3C2(C)C)O[C@H](CO)[C@@H](O)[C@@H]1O. The molecule has 6 rings (SSSR count). The molecule has 52 heavy (non-hydrogen) atoms. The molecule has 4 saturated carbocycles. The number of amides is 1. The fourth-order valence-electron chi connectivity index (χ4n) is 13.1. The molecule has 0 aromatic rings. The number of carbonyl (C=O) groups excluding carboxylic acids is 1. The molecule has 1 amide bonds. The highest BCUT2D eigenvalue weighted by Crippen LogP contribution is 2.76. The van der Waals surface area contributed by atoms with Crippen molar-refractivity contribution in [3.63, 3.8) is 0 Å². The zero-order valence-electron chi connectivity index (χ0n) is 33.2. The molecule has 0 aromatic carbocycles. The van der Waals surface area contributed by atoms with Gasteiger partial charge in [-0.1, -0.05) is 79.9 Å². The number of aliphatic hydroxyl groups excluding tert-OH is 3. The highest BCUT2D eigenvalue weighted by molar-refractivity contribution is 5.76. The molecular weight excluding hydrogens is 662 g/mol. The third-order valence-corrected chi connectivity index (χ3v) is 16.4. The Morgan fingerprint density at radius 2 is 1.63 bits per heavy atom. The summed E-state index contributed by atoms with van der Waals surface area (Å²) < 4.78 is 18.2. The molecular formula is C42H69NO9. The molecule has 6 aliphatic rings. The predicted octanol–water partition coefficient (Wildman–Crippen LogP) is 6.98. The zero-order valence-corrected chi connectivity index (χ0v) is 33.2. The molecule has 5 fully saturated rings. The molecule has 0 aromatic heterocycles. The lowest BCUT2D eigenvalue weighted by Crippen LogP contribution is -2.67. The summed E-state index contributed by atoms with van der Waals surface area (Å²) in [5.74, 6) is 0.238. The third kappa shape index (κ3) is 6.26. The number of carbonyl (C=O) groups is 2. The van der Waals surface area contributed by atoms with Gasteiger partial charge >= 0.3 is 12.1 Å². The van der Waals surface area contributed by atoms with Crippen LogP contribution in [0.2, 0.25) is 0 Å². The van der Waals surface area contributed by atoms with E-state index in [0.717, 1.165) is 83.5 Å². The van der Waals surface area contributed by atoms with Crippen molar-refractivity contribution in [2.45, 2.75) is 176 Å². The minimum atomic E-state index is -1.42. The Bertz CT molecular complexity index is 1380. The number of allylic oxidation sites excluding steroid dienone is 2. The molecule has 1 saturated heterocycles. The standard InChI is InChI=1S/C42H69NO9/c1-9-10-11-22-50-36(49)43-31-33(46)32(45)27(24-44)51-34(31)52-30-15-16-39(6)28(38(30,4)5)14-17-41(8)29(39)13-12-25-26-23-37(2,3)18-20-42(26,35(47)48)21-19-40(25,41)7/h12,26-34,44-46H,9-11,13-24H2,1-8H3,(H,43,49)(H,47,48)/t26-,27+,28-,29+,30-,31+,32+,33+,34-,39-,40+,41+,42-/m0/s1. The van der Waals surface area contributed by atoms with E-state index in [1.165, 1.54) is 5.57 Å². The monoisotopic (exact) mass is 731 g/mol. The molecule has 296 valence electrons. The van der Waals surface area contributed by atoms with E-state index >= 15 is 0 Å². The Morgan fingerprint density at radius 3 is 2.31 bits per heavy atom. The van der Waals surface area contributed by atoms with Crippen LogP contribution in [-0.4, -0.2) is 82.5 Å². The van der Waals surface area contributed by atoms with Crippen molar-refractivity contribution in [1.29, 1.82) is 0 Å². The van der Waals surface area contributed by atoms with Crippen LogP contribution in [0.15, 0.2) is 11.6 Å². The second kappa shape index (κ2) is 14.1. The van der Waals surface area contributed by atoms with Crippen molar-refractivity contribution in [2.24, 2.45) is 50.2 Å². The van der Waals surface area contributed by atoms with Gasteiger partial charge in [0.15, 0.2) is 6.29 Å². The Balaban J connectivity index is 1.24. The fraction of sp³-hybridized carbons (Fsp3) is 0.905. The first kappa shape index (κ1) is 40.0. The minimum Gasteiger partial charge on any atom is -0.481 e. The van der Waals surface area contributed by atoms with Crippen LogP contribution in [0.4, 0.5) is 4.79 Å². The number of ether oxygens (including phenoxy) is 3. The predicted molar refractivity (Wildman–Crippen MR) is 197 cm³/mol. The van der Waals surface area contributed by atoms with Crippen LogP contribution in [0.3, 0.4) is 0 Å². The van der Waals surface area contributed by atoms with Gasteiger partial charge in [-0.3, -0.25) is 4.79 Å². The highest BCUT2D eigenvalue weighted by atomic mass is 16.7. The van der Waals surface area contributed by atoms with Crippen molar-refractivity contribution in [3.8, 4) is 0 Å². The molecule has 0 radical (unpaired) electrons. The normalized spacial score (nSPS) is 46.4. The maximum absolute atomic E-state index is 13.0. The van der Waals surface area contributed by atoms with Gasteiger partial charge in [0.2, 0.25) is 0 Å². The van der Waals surface area contributed by atoms with Crippen LogP contribution in [0.1, 0.15) is 139 Å². The molecule has 1 aliphatic heterocycles. The van der Waals surface area contributed by atoms with E-state index in [9.17, 15) is 30.0 Å². The lowest BCUT2D eigenvalue weighted by Gasteiger charge is -2.71. The molecule has 10 nitrogen and oxygen atoms in total. The minimum absolute atomic E-state index is 0.0191. The van der Waals surface area contributed by atoms with Crippen LogP contribution >= 0.6 is 0 Å². The summed E-state index contributed by atoms with van der Waals surface area (Å²) in [7, 11) is 0. The van der Waals surface area contributed by atoms with Crippen molar-refractivity contribution < 1.29 is 44.2 Å². The summed E-state index contributed by atoms with van der Waals surface area (Å²) in [6, 6.07) is -1.08. The summed E-state index contributed by atoms with van der Waals surface area (Å²) in [5.41, 5.74) is 0.611. The average Bonchev–Trinajstić information content (AvgIpc) is 3.07. The lowest BCUT2D eigenvalue weighted by atomic mass is 9.33. The molecule has 0 spiro atoms. The van der Waals surface area contributed by atoms with Crippen LogP contribution in [0, 0.1) is 50.2 Å². The van der Waals surface area contributed by atoms with Gasteiger partial charge in [0.1, 0.15) is 24.4 Å². The molecule has 1 heterocycles. The quantitative estimate of drug-likeness (QED) is 0.0960. The van der Waals surface area contributed by atoms with Gasteiger partial charge in [-0.2, -0.15) is 0 Å². The van der Waals surface area contributed by atoms with Crippen LogP contribution in [-0.2, 0) is 19.0 Å². The third-order valence-electron chi connectivity index (χ3n) is 16.4. The number of nitrogens with one attached hydrogen (secondary N) is 1. The van der Waals surface area contributed by atoms with Crippen molar-refractivity contribution in [1.82, 2.24) is 5.32 Å². The topological polar surface area (TPSA) is 155 Å². The van der Waals surface area contributed by atoms with E-state index in [1.807, 2.05) is 0 Å². The first-order valence-electron chi connectivity index (χ1n) is 20.5. The maximum Gasteiger partial charge on any atom is 0.407 e. The first-order valence-corrected chi connectivity index (χ1v) is 20.5. The van der Waals surface area contributed by atoms with Gasteiger partial charge in [0, 0.05) is 0 Å². The smallest absolute Gasteiger partial charge is 0.407 e. The number of fused-ring (bicyclic) bond motifs is 7. The fourth-order valence-corrected chi connectivity index (χ4v) is 13.1. The van der Waals surface area contributed by atoms with E-state index in [4.69, 9.17) is 14.2 Å². The van der Waals surface area contributed by atoms with Gasteiger partial charge in [-0.25, -0.2) is 4.79 Å². The summed E-state index contributed by atoms with van der Waals surface area (Å²) in [5, 5.41) is 45.3. The van der Waals surface area contributed by atoms with E-state index < -0.39 is 54.7 Å². The van der Waals surface area contributed by atoms with Crippen molar-refractivity contribution in [2.75, 3.05) is 13.2 Å². The van der Waals surface area contributed by atoms with E-state index in [1.54, 1.807) is 0 Å². The Morgan fingerprint density at radius 1 is 0.923 bits per heavy atom. The second-order valence-corrected chi connectivity index (χ2v) is 19.9. The number of hydrogen-bond donors (Lipinski definition) is 5. The summed E-state index contributed by atoms with van der Waals surface area (Å²) in [6.45, 7) is 18.5. The molecule has 10 heteroatoms. The summed E-state index contributed by atoms with van der Waals surface area (Å²) >= 11 is 0. The largest absolute Gasteiger partial charge is 0.481 e. The number of carboxylic acid groups (broad SMARTS) is 1. The molecule has 13 atom stereocenters. The van der Waals surface area contributed by atoms with E-state index in [-0.39, 0.29) is 45.7 Å². The number of hydrogen-bond acceptors (Lipinski definition) is 8. The van der Waals surface area contributed by atoms with Gasteiger partial charge < -0.3 is 40.0 Å². The van der Waals surface area contributed by atoms with Crippen LogP contribution in [0.5, 0.6) is 0 Å². The van der Waals surface area contributed by atoms with Crippen LogP contribution < -0.4 is 5.32 Å². The van der Waals surface area contributed by atoms with Crippen molar-refractivity contribution >= 4 is 12.1 Å². The number of aliphatic carboxylic acids is 1. The number of unbranched alkanes of at least 4 members (excludes halogenated alkanes) is 2. The van der Waals surface area contributed by atoms with E-state index in [2.05, 4.69) is 66.8 Å². The molecule has 5 N–H and O–H groups in total. The number of rotatable bonds is 9. The first-order chi connectivity index (χ1) is 24.3. The highest BCUT2D eigenvalue weighted by Gasteiger charge is 2.69. The van der Waals surface area contributed by atoms with E-state index in [0.29, 0.717) is 11.8 Å². The number of alkyl carbamates (subject to hydrolysis) is 1. The Kier molecular flexibility index (Phi) is 10.8. The molecule has 0 unspecified atom stereocenters. The lowest BCUT2D eigenvalue weighted by molar-refractivity contribution is -0.306. The molecule has 0 bridgehead atoms. The van der Waals surface area contributed by atoms with Crippen LogP contribution in [0.25, 0.3) is 0 Å². The average molecular weight is 732 g/mol. The molecule has 5 aliphatic carbocycles.